The Kier molecular flexibility index (Phi) is 11.7. The van der Waals surface area contributed by atoms with Crippen molar-refractivity contribution in [1.82, 2.24) is 20.8 Å². The van der Waals surface area contributed by atoms with Gasteiger partial charge in [-0.1, -0.05) is 35.5 Å². The molecule has 0 aliphatic heterocycles. The van der Waals surface area contributed by atoms with Crippen LogP contribution in [-0.2, 0) is 17.6 Å². The molecule has 3 atom stereocenters. The van der Waals surface area contributed by atoms with Gasteiger partial charge in [0.2, 0.25) is 11.8 Å². The maximum Gasteiger partial charge on any atom is 0.249 e. The molecule has 0 aliphatic carbocycles. The average Bonchev–Trinajstić information content (AvgIpc) is 3.37. The molecule has 1 heterocycles. The second kappa shape index (κ2) is 15.2. The molecule has 0 unspecified atom stereocenters. The van der Waals surface area contributed by atoms with E-state index in [1.165, 1.54) is 6.07 Å². The first-order valence-electron chi connectivity index (χ1n) is 13.4. The molecule has 1 aromatic heterocycles. The molecule has 11 heteroatoms. The number of phenols is 2. The van der Waals surface area contributed by atoms with Crippen LogP contribution in [0.1, 0.15) is 66.6 Å². The van der Waals surface area contributed by atoms with Crippen molar-refractivity contribution in [3.63, 3.8) is 0 Å². The highest BCUT2D eigenvalue weighted by Gasteiger charge is 2.28. The normalized spacial score (nSPS) is 13.6. The molecule has 0 saturated heterocycles. The molecule has 3 rings (SSSR count). The summed E-state index contributed by atoms with van der Waals surface area (Å²) in [6.07, 6.45) is 3.54. The Morgan fingerprint density at radius 2 is 1.79 bits per heavy atom. The first kappa shape index (κ1) is 30.0. The number of nitrogens with zero attached hydrogens (tertiary/aromatic N) is 2. The minimum absolute atomic E-state index is 0.0509. The molecule has 0 saturated carbocycles. The van der Waals surface area contributed by atoms with E-state index in [1.807, 2.05) is 30.3 Å². The largest absolute Gasteiger partial charge is 0.508 e. The smallest absolute Gasteiger partial charge is 0.249 e. The monoisotopic (exact) mass is 539 g/mol. The lowest BCUT2D eigenvalue weighted by Gasteiger charge is -2.25. The van der Waals surface area contributed by atoms with Gasteiger partial charge in [-0.3, -0.25) is 10.1 Å². The summed E-state index contributed by atoms with van der Waals surface area (Å²) in [5, 5.41) is 30.7. The van der Waals surface area contributed by atoms with E-state index in [9.17, 15) is 15.0 Å². The Morgan fingerprint density at radius 1 is 1.05 bits per heavy atom. The SMILES string of the molecule is Cc1cc(O)cc(O)c1C[C@H](N[C@@H](N)CCCN)C(=O)N[C@H](CCCCN)c1nc(Cc2ccccc2)no1. The zero-order valence-corrected chi connectivity index (χ0v) is 22.5. The molecular weight excluding hydrogens is 498 g/mol. The molecule has 212 valence electrons. The third-order valence-electron chi connectivity index (χ3n) is 6.54. The van der Waals surface area contributed by atoms with Crippen molar-refractivity contribution in [2.24, 2.45) is 17.2 Å². The Hall–Kier alpha value is -3.51. The van der Waals surface area contributed by atoms with Crippen LogP contribution in [0.5, 0.6) is 11.5 Å². The number of carbonyl (C=O) groups excluding carboxylic acids is 1. The molecule has 39 heavy (non-hydrogen) atoms. The van der Waals surface area contributed by atoms with Gasteiger partial charge in [0.05, 0.1) is 12.2 Å². The summed E-state index contributed by atoms with van der Waals surface area (Å²) >= 11 is 0. The summed E-state index contributed by atoms with van der Waals surface area (Å²) in [6.45, 7) is 2.78. The number of aryl methyl sites for hydroxylation is 1. The number of nitrogens with two attached hydrogens (primary N) is 3. The highest BCUT2D eigenvalue weighted by Crippen LogP contribution is 2.28. The number of amides is 1. The average molecular weight is 540 g/mol. The third-order valence-corrected chi connectivity index (χ3v) is 6.54. The van der Waals surface area contributed by atoms with Crippen LogP contribution < -0.4 is 27.8 Å². The lowest BCUT2D eigenvalue weighted by atomic mass is 9.98. The van der Waals surface area contributed by atoms with E-state index in [-0.39, 0.29) is 23.8 Å². The fourth-order valence-corrected chi connectivity index (χ4v) is 4.44. The van der Waals surface area contributed by atoms with Gasteiger partial charge in [0.1, 0.15) is 17.5 Å². The molecule has 2 aromatic carbocycles. The molecule has 0 radical (unpaired) electrons. The summed E-state index contributed by atoms with van der Waals surface area (Å²) < 4.78 is 5.58. The number of rotatable bonds is 16. The maximum absolute atomic E-state index is 13.7. The first-order chi connectivity index (χ1) is 18.8. The fraction of sp³-hybridized carbons (Fsp3) is 0.464. The quantitative estimate of drug-likeness (QED) is 0.104. The van der Waals surface area contributed by atoms with Gasteiger partial charge < -0.3 is 37.3 Å². The Labute approximate surface area is 229 Å². The number of hydrogen-bond acceptors (Lipinski definition) is 10. The molecule has 3 aromatic rings. The number of aromatic nitrogens is 2. The number of benzene rings is 2. The predicted molar refractivity (Wildman–Crippen MR) is 149 cm³/mol. The number of phenolic OH excluding ortho intramolecular Hbond substituents is 2. The number of hydrogen-bond donors (Lipinski definition) is 7. The minimum Gasteiger partial charge on any atom is -0.508 e. The molecule has 10 N–H and O–H groups in total. The van der Waals surface area contributed by atoms with E-state index in [4.69, 9.17) is 21.7 Å². The van der Waals surface area contributed by atoms with Crippen LogP contribution in [0.4, 0.5) is 0 Å². The summed E-state index contributed by atoms with van der Waals surface area (Å²) in [6, 6.07) is 11.3. The molecule has 0 aliphatic rings. The van der Waals surface area contributed by atoms with Gasteiger partial charge in [-0.05, 0) is 74.9 Å². The van der Waals surface area contributed by atoms with E-state index in [2.05, 4.69) is 20.8 Å². The zero-order chi connectivity index (χ0) is 28.2. The van der Waals surface area contributed by atoms with Gasteiger partial charge >= 0.3 is 0 Å². The van der Waals surface area contributed by atoms with Gasteiger partial charge in [-0.2, -0.15) is 4.98 Å². The summed E-state index contributed by atoms with van der Waals surface area (Å²) in [5.74, 6) is 0.374. The maximum atomic E-state index is 13.7. The molecule has 0 spiro atoms. The number of unbranched alkanes of at least 4 members (excludes halogenated alkanes) is 1. The Bertz CT molecular complexity index is 1150. The van der Waals surface area contributed by atoms with Crippen molar-refractivity contribution >= 4 is 5.91 Å². The fourth-order valence-electron chi connectivity index (χ4n) is 4.44. The number of carbonyl (C=O) groups is 1. The van der Waals surface area contributed by atoms with Crippen LogP contribution in [0, 0.1) is 6.92 Å². The topological polar surface area (TPSA) is 199 Å². The molecular formula is C28H41N7O4. The summed E-state index contributed by atoms with van der Waals surface area (Å²) in [5.41, 5.74) is 19.8. The van der Waals surface area contributed by atoms with Crippen molar-refractivity contribution in [2.45, 2.75) is 70.1 Å². The molecule has 11 nitrogen and oxygen atoms in total. The summed E-state index contributed by atoms with van der Waals surface area (Å²) in [7, 11) is 0. The van der Waals surface area contributed by atoms with Crippen molar-refractivity contribution in [3.8, 4) is 11.5 Å². The van der Waals surface area contributed by atoms with Crippen molar-refractivity contribution in [1.29, 1.82) is 0 Å². The lowest BCUT2D eigenvalue weighted by molar-refractivity contribution is -0.124. The second-order valence-corrected chi connectivity index (χ2v) is 9.78. The van der Waals surface area contributed by atoms with Crippen LogP contribution in [0.25, 0.3) is 0 Å². The van der Waals surface area contributed by atoms with E-state index in [1.54, 1.807) is 13.0 Å². The zero-order valence-electron chi connectivity index (χ0n) is 22.5. The lowest BCUT2D eigenvalue weighted by Crippen LogP contribution is -2.53. The van der Waals surface area contributed by atoms with Crippen LogP contribution >= 0.6 is 0 Å². The van der Waals surface area contributed by atoms with Crippen LogP contribution in [0.2, 0.25) is 0 Å². The van der Waals surface area contributed by atoms with Crippen molar-refractivity contribution < 1.29 is 19.5 Å². The van der Waals surface area contributed by atoms with Crippen LogP contribution in [0.15, 0.2) is 47.0 Å². The van der Waals surface area contributed by atoms with E-state index < -0.39 is 18.2 Å². The molecule has 1 amide bonds. The Morgan fingerprint density at radius 3 is 2.49 bits per heavy atom. The van der Waals surface area contributed by atoms with Crippen molar-refractivity contribution in [2.75, 3.05) is 13.1 Å². The van der Waals surface area contributed by atoms with E-state index >= 15 is 0 Å². The second-order valence-electron chi connectivity index (χ2n) is 9.78. The minimum atomic E-state index is -0.782. The summed E-state index contributed by atoms with van der Waals surface area (Å²) in [4.78, 5) is 18.2. The van der Waals surface area contributed by atoms with E-state index in [0.29, 0.717) is 61.6 Å². The molecule has 0 bridgehead atoms. The number of nitrogens with one attached hydrogen (secondary N) is 2. The van der Waals surface area contributed by atoms with Gasteiger partial charge in [0.25, 0.3) is 0 Å². The van der Waals surface area contributed by atoms with Crippen molar-refractivity contribution in [3.05, 3.63) is 70.9 Å². The Balaban J connectivity index is 1.81. The van der Waals surface area contributed by atoms with E-state index in [0.717, 1.165) is 18.4 Å². The predicted octanol–water partition coefficient (Wildman–Crippen LogP) is 1.89. The van der Waals surface area contributed by atoms with Gasteiger partial charge in [-0.15, -0.1) is 0 Å². The highest BCUT2D eigenvalue weighted by molar-refractivity contribution is 5.82. The van der Waals surface area contributed by atoms with Crippen LogP contribution in [0.3, 0.4) is 0 Å². The number of aromatic hydroxyl groups is 2. The first-order valence-corrected chi connectivity index (χ1v) is 13.4. The third kappa shape index (κ3) is 9.32. The molecule has 0 fully saturated rings. The van der Waals surface area contributed by atoms with Crippen LogP contribution in [-0.4, -0.2) is 51.6 Å². The standard InChI is InChI=1S/C28H41N7O4/c1-18-14-20(36)16-24(37)21(18)17-23(32-25(31)11-7-13-30)27(38)33-22(10-5-6-12-29)28-34-26(35-39-28)15-19-8-3-2-4-9-19/h2-4,8-9,14,16,22-23,25,32,36-37H,5-7,10-13,15,17,29-31H2,1H3,(H,33,38)/t22-,23+,25-/m1/s1. The van der Waals surface area contributed by atoms with Gasteiger partial charge in [-0.25, -0.2) is 0 Å². The van der Waals surface area contributed by atoms with Gasteiger partial charge in [0.15, 0.2) is 5.82 Å². The highest BCUT2D eigenvalue weighted by atomic mass is 16.5. The van der Waals surface area contributed by atoms with Gasteiger partial charge in [0, 0.05) is 18.9 Å².